The summed E-state index contributed by atoms with van der Waals surface area (Å²) in [5.41, 5.74) is 0. The lowest BCUT2D eigenvalue weighted by Crippen LogP contribution is -2.45. The lowest BCUT2D eigenvalue weighted by molar-refractivity contribution is 0.266. The summed E-state index contributed by atoms with van der Waals surface area (Å²) < 4.78 is 28.5. The van der Waals surface area contributed by atoms with Gasteiger partial charge in [0.05, 0.1) is 11.4 Å². The predicted octanol–water partition coefficient (Wildman–Crippen LogP) is 1.74. The molecule has 0 aromatic heterocycles. The van der Waals surface area contributed by atoms with Gasteiger partial charge in [0, 0.05) is 25.9 Å². The zero-order valence-electron chi connectivity index (χ0n) is 16.3. The maximum absolute atomic E-state index is 11.4. The first-order valence-corrected chi connectivity index (χ1v) is 10.9. The number of halogens is 1. The monoisotopic (exact) mass is 510 g/mol. The van der Waals surface area contributed by atoms with Crippen molar-refractivity contribution in [2.45, 2.75) is 30.7 Å². The molecule has 0 aliphatic carbocycles. The van der Waals surface area contributed by atoms with Crippen LogP contribution < -0.4 is 15.4 Å². The average Bonchev–Trinajstić information content (AvgIpc) is 3.08. The molecule has 0 spiro atoms. The third-order valence-corrected chi connectivity index (χ3v) is 5.68. The Bertz CT molecular complexity index is 695. The van der Waals surface area contributed by atoms with Crippen LogP contribution in [0.25, 0.3) is 0 Å². The van der Waals surface area contributed by atoms with Gasteiger partial charge in [-0.15, -0.1) is 24.0 Å². The van der Waals surface area contributed by atoms with Crippen molar-refractivity contribution in [1.29, 1.82) is 0 Å². The minimum atomic E-state index is -3.17. The van der Waals surface area contributed by atoms with Crippen LogP contribution in [0.1, 0.15) is 19.8 Å². The van der Waals surface area contributed by atoms with Crippen LogP contribution in [0.15, 0.2) is 34.2 Å². The Labute approximate surface area is 179 Å². The number of benzene rings is 1. The largest absolute Gasteiger partial charge is 0.492 e. The normalized spacial score (nSPS) is 18.0. The smallest absolute Gasteiger partial charge is 0.191 e. The minimum absolute atomic E-state index is 0. The second-order valence-electron chi connectivity index (χ2n) is 6.40. The van der Waals surface area contributed by atoms with Crippen LogP contribution in [0.5, 0.6) is 5.75 Å². The molecule has 1 fully saturated rings. The number of likely N-dealkylation sites (N-methyl/N-ethyl adjacent to an activating group) is 1. The SMILES string of the molecule is CCN1CCCC1CNC(=NC)NCCOc1ccc(S(C)(=O)=O)cc1.I. The predicted molar refractivity (Wildman–Crippen MR) is 120 cm³/mol. The quantitative estimate of drug-likeness (QED) is 0.240. The van der Waals surface area contributed by atoms with E-state index in [2.05, 4.69) is 27.4 Å². The van der Waals surface area contributed by atoms with Crippen LogP contribution >= 0.6 is 24.0 Å². The fourth-order valence-corrected chi connectivity index (χ4v) is 3.73. The van der Waals surface area contributed by atoms with Crippen molar-refractivity contribution in [3.05, 3.63) is 24.3 Å². The van der Waals surface area contributed by atoms with Crippen LogP contribution in [0.2, 0.25) is 0 Å². The van der Waals surface area contributed by atoms with E-state index in [1.807, 2.05) is 0 Å². The van der Waals surface area contributed by atoms with Gasteiger partial charge in [0.2, 0.25) is 0 Å². The highest BCUT2D eigenvalue weighted by Crippen LogP contribution is 2.16. The molecule has 9 heteroatoms. The Balaban J connectivity index is 0.00000364. The standard InChI is InChI=1S/C18H30N4O3S.HI/c1-4-22-12-5-6-15(22)14-21-18(19-2)20-11-13-25-16-7-9-17(10-8-16)26(3,23)24;/h7-10,15H,4-6,11-14H2,1-3H3,(H2,19,20,21);1H. The molecule has 0 radical (unpaired) electrons. The number of nitrogens with one attached hydrogen (secondary N) is 2. The first kappa shape index (κ1) is 24.0. The highest BCUT2D eigenvalue weighted by Gasteiger charge is 2.22. The molecular formula is C18H31IN4O3S. The molecule has 27 heavy (non-hydrogen) atoms. The van der Waals surface area contributed by atoms with Gasteiger partial charge in [0.15, 0.2) is 15.8 Å². The van der Waals surface area contributed by atoms with Gasteiger partial charge in [0.1, 0.15) is 12.4 Å². The number of guanidine groups is 1. The highest BCUT2D eigenvalue weighted by atomic mass is 127. The van der Waals surface area contributed by atoms with Crippen LogP contribution in [0.3, 0.4) is 0 Å². The van der Waals surface area contributed by atoms with Crippen molar-refractivity contribution in [3.63, 3.8) is 0 Å². The minimum Gasteiger partial charge on any atom is -0.492 e. The number of sulfone groups is 1. The van der Waals surface area contributed by atoms with Gasteiger partial charge in [0.25, 0.3) is 0 Å². The maximum Gasteiger partial charge on any atom is 0.191 e. The van der Waals surface area contributed by atoms with E-state index in [1.165, 1.54) is 25.6 Å². The van der Waals surface area contributed by atoms with Crippen molar-refractivity contribution in [2.24, 2.45) is 4.99 Å². The second-order valence-corrected chi connectivity index (χ2v) is 8.41. The number of aliphatic imine (C=N–C) groups is 1. The van der Waals surface area contributed by atoms with Crippen LogP contribution in [-0.2, 0) is 9.84 Å². The highest BCUT2D eigenvalue weighted by molar-refractivity contribution is 14.0. The molecule has 1 aromatic rings. The summed E-state index contributed by atoms with van der Waals surface area (Å²) in [6.07, 6.45) is 3.68. The maximum atomic E-state index is 11.4. The molecule has 0 amide bonds. The molecular weight excluding hydrogens is 479 g/mol. The Hall–Kier alpha value is -1.07. The molecule has 2 rings (SSSR count). The molecule has 1 aliphatic rings. The Kier molecular flexibility index (Phi) is 10.4. The summed E-state index contributed by atoms with van der Waals surface area (Å²) in [4.78, 5) is 7.02. The average molecular weight is 510 g/mol. The molecule has 1 aromatic carbocycles. The van der Waals surface area contributed by atoms with E-state index < -0.39 is 9.84 Å². The molecule has 154 valence electrons. The van der Waals surface area contributed by atoms with E-state index in [0.717, 1.165) is 19.0 Å². The first-order valence-electron chi connectivity index (χ1n) is 9.05. The van der Waals surface area contributed by atoms with Crippen LogP contribution in [-0.4, -0.2) is 71.4 Å². The third-order valence-electron chi connectivity index (χ3n) is 4.55. The third kappa shape index (κ3) is 7.82. The molecule has 7 nitrogen and oxygen atoms in total. The van der Waals surface area contributed by atoms with Crippen molar-refractivity contribution in [2.75, 3.05) is 46.1 Å². The fraction of sp³-hybridized carbons (Fsp3) is 0.611. The van der Waals surface area contributed by atoms with E-state index in [1.54, 1.807) is 31.3 Å². The summed E-state index contributed by atoms with van der Waals surface area (Å²) in [7, 11) is -1.42. The van der Waals surface area contributed by atoms with Gasteiger partial charge >= 0.3 is 0 Å². The Morgan fingerprint density at radius 2 is 2.00 bits per heavy atom. The molecule has 0 saturated carbocycles. The van der Waals surface area contributed by atoms with Gasteiger partial charge in [-0.05, 0) is 50.2 Å². The van der Waals surface area contributed by atoms with E-state index in [-0.39, 0.29) is 24.0 Å². The van der Waals surface area contributed by atoms with Crippen molar-refractivity contribution in [1.82, 2.24) is 15.5 Å². The lowest BCUT2D eigenvalue weighted by atomic mass is 10.2. The van der Waals surface area contributed by atoms with E-state index >= 15 is 0 Å². The molecule has 1 saturated heterocycles. The number of nitrogens with zero attached hydrogens (tertiary/aromatic N) is 2. The summed E-state index contributed by atoms with van der Waals surface area (Å²) in [6.45, 7) is 6.43. The number of hydrogen-bond donors (Lipinski definition) is 2. The fourth-order valence-electron chi connectivity index (χ4n) is 3.10. The summed E-state index contributed by atoms with van der Waals surface area (Å²) in [5, 5.41) is 6.60. The number of likely N-dealkylation sites (tertiary alicyclic amines) is 1. The van der Waals surface area contributed by atoms with E-state index in [0.29, 0.717) is 29.8 Å². The van der Waals surface area contributed by atoms with Crippen molar-refractivity contribution >= 4 is 39.8 Å². The second kappa shape index (κ2) is 11.7. The van der Waals surface area contributed by atoms with Crippen LogP contribution in [0.4, 0.5) is 0 Å². The van der Waals surface area contributed by atoms with Gasteiger partial charge in [-0.25, -0.2) is 8.42 Å². The van der Waals surface area contributed by atoms with Crippen molar-refractivity contribution in [3.8, 4) is 5.75 Å². The summed E-state index contributed by atoms with van der Waals surface area (Å²) in [5.74, 6) is 1.41. The zero-order chi connectivity index (χ0) is 19.0. The van der Waals surface area contributed by atoms with Crippen molar-refractivity contribution < 1.29 is 13.2 Å². The van der Waals surface area contributed by atoms with Gasteiger partial charge in [-0.3, -0.25) is 9.89 Å². The molecule has 1 heterocycles. The summed E-state index contributed by atoms with van der Waals surface area (Å²) in [6, 6.07) is 7.02. The van der Waals surface area contributed by atoms with E-state index in [4.69, 9.17) is 4.74 Å². The van der Waals surface area contributed by atoms with E-state index in [9.17, 15) is 8.42 Å². The summed E-state index contributed by atoms with van der Waals surface area (Å²) >= 11 is 0. The molecule has 2 N–H and O–H groups in total. The Morgan fingerprint density at radius 1 is 1.30 bits per heavy atom. The molecule has 0 bridgehead atoms. The Morgan fingerprint density at radius 3 is 2.59 bits per heavy atom. The van der Waals surface area contributed by atoms with Gasteiger partial charge < -0.3 is 15.4 Å². The number of hydrogen-bond acceptors (Lipinski definition) is 5. The number of ether oxygens (including phenoxy) is 1. The lowest BCUT2D eigenvalue weighted by Gasteiger charge is -2.24. The first-order chi connectivity index (χ1) is 12.4. The number of rotatable bonds is 8. The van der Waals surface area contributed by atoms with Gasteiger partial charge in [-0.2, -0.15) is 0 Å². The molecule has 1 unspecified atom stereocenters. The topological polar surface area (TPSA) is 83.0 Å². The molecule has 1 aliphatic heterocycles. The molecule has 1 atom stereocenters. The van der Waals surface area contributed by atoms with Crippen LogP contribution in [0, 0.1) is 0 Å². The van der Waals surface area contributed by atoms with Gasteiger partial charge in [-0.1, -0.05) is 6.92 Å². The zero-order valence-corrected chi connectivity index (χ0v) is 19.4.